The zero-order valence-corrected chi connectivity index (χ0v) is 13.0. The summed E-state index contributed by atoms with van der Waals surface area (Å²) in [6.45, 7) is 0.433. The number of amides is 1. The largest absolute Gasteiger partial charge is 0.376 e. The fourth-order valence-corrected chi connectivity index (χ4v) is 2.83. The van der Waals surface area contributed by atoms with Gasteiger partial charge in [-0.05, 0) is 12.8 Å². The number of alkyl halides is 2. The lowest BCUT2D eigenvalue weighted by Gasteiger charge is -2.16. The highest BCUT2D eigenvalue weighted by Crippen LogP contribution is 2.25. The summed E-state index contributed by atoms with van der Waals surface area (Å²) in [6.07, 6.45) is 7.02. The highest BCUT2D eigenvalue weighted by atomic mass is 35.5. The third-order valence-corrected chi connectivity index (χ3v) is 3.98. The maximum absolute atomic E-state index is 13.0. The van der Waals surface area contributed by atoms with E-state index in [4.69, 9.17) is 4.74 Å². The molecule has 0 radical (unpaired) electrons. The molecule has 1 unspecified atom stereocenters. The van der Waals surface area contributed by atoms with Gasteiger partial charge in [-0.25, -0.2) is 8.78 Å². The average molecular weight is 327 g/mol. The minimum absolute atomic E-state index is 0. The Morgan fingerprint density at radius 1 is 1.24 bits per heavy atom. The van der Waals surface area contributed by atoms with Gasteiger partial charge in [0.15, 0.2) is 0 Å². The number of nitrogens with one attached hydrogen (secondary N) is 2. The number of carbonyl (C=O) groups is 1. The van der Waals surface area contributed by atoms with Crippen molar-refractivity contribution in [3.8, 4) is 0 Å². The van der Waals surface area contributed by atoms with Crippen molar-refractivity contribution in [2.75, 3.05) is 19.7 Å². The van der Waals surface area contributed by atoms with Crippen LogP contribution in [0.2, 0.25) is 0 Å². The third kappa shape index (κ3) is 6.45. The molecule has 2 fully saturated rings. The third-order valence-electron chi connectivity index (χ3n) is 3.98. The number of ether oxygens (including phenoxy) is 1. The molecule has 1 saturated heterocycles. The Hall–Kier alpha value is -0.460. The second-order valence-corrected chi connectivity index (χ2v) is 5.77. The van der Waals surface area contributed by atoms with Crippen LogP contribution in [0, 0.1) is 0 Å². The van der Waals surface area contributed by atoms with E-state index in [0.29, 0.717) is 19.3 Å². The molecule has 21 heavy (non-hydrogen) atoms. The molecule has 1 aliphatic heterocycles. The Bertz CT molecular complexity index is 324. The Morgan fingerprint density at radius 3 is 2.48 bits per heavy atom. The predicted octanol–water partition coefficient (Wildman–Crippen LogP) is 2.26. The molecule has 0 bridgehead atoms. The summed E-state index contributed by atoms with van der Waals surface area (Å²) in [7, 11) is 0. The van der Waals surface area contributed by atoms with Crippen LogP contribution in [0.4, 0.5) is 8.78 Å². The zero-order chi connectivity index (χ0) is 14.4. The SMILES string of the molecule is Cl.O=C(NCCOC1CCCCCC1)C1CC(F)(F)CN1. The average Bonchev–Trinajstić information content (AvgIpc) is 2.63. The summed E-state index contributed by atoms with van der Waals surface area (Å²) >= 11 is 0. The lowest BCUT2D eigenvalue weighted by Crippen LogP contribution is -2.41. The van der Waals surface area contributed by atoms with E-state index in [1.807, 2.05) is 0 Å². The van der Waals surface area contributed by atoms with Crippen molar-refractivity contribution in [1.29, 1.82) is 0 Å². The first-order valence-corrected chi connectivity index (χ1v) is 7.57. The Balaban J connectivity index is 0.00000220. The second-order valence-electron chi connectivity index (χ2n) is 5.77. The Kier molecular flexibility index (Phi) is 7.84. The van der Waals surface area contributed by atoms with Gasteiger partial charge in [-0.3, -0.25) is 10.1 Å². The number of hydrogen-bond donors (Lipinski definition) is 2. The molecule has 1 heterocycles. The highest BCUT2D eigenvalue weighted by Gasteiger charge is 2.42. The molecule has 1 saturated carbocycles. The number of rotatable bonds is 5. The van der Waals surface area contributed by atoms with E-state index in [-0.39, 0.29) is 18.3 Å². The van der Waals surface area contributed by atoms with Crippen LogP contribution in [0.1, 0.15) is 44.9 Å². The van der Waals surface area contributed by atoms with Crippen molar-refractivity contribution in [3.63, 3.8) is 0 Å². The predicted molar refractivity (Wildman–Crippen MR) is 79.1 cm³/mol. The van der Waals surface area contributed by atoms with E-state index in [0.717, 1.165) is 12.8 Å². The first kappa shape index (κ1) is 18.6. The zero-order valence-electron chi connectivity index (χ0n) is 12.2. The number of hydrogen-bond acceptors (Lipinski definition) is 3. The van der Waals surface area contributed by atoms with E-state index in [1.165, 1.54) is 25.7 Å². The molecule has 4 nitrogen and oxygen atoms in total. The van der Waals surface area contributed by atoms with Gasteiger partial charge in [0.2, 0.25) is 5.91 Å². The fourth-order valence-electron chi connectivity index (χ4n) is 2.83. The molecular weight excluding hydrogens is 302 g/mol. The molecule has 0 aromatic heterocycles. The number of halogens is 3. The lowest BCUT2D eigenvalue weighted by molar-refractivity contribution is -0.123. The molecule has 1 atom stereocenters. The van der Waals surface area contributed by atoms with Crippen molar-refractivity contribution in [1.82, 2.24) is 10.6 Å². The molecular formula is C14H25ClF2N2O2. The minimum Gasteiger partial charge on any atom is -0.376 e. The molecule has 2 N–H and O–H groups in total. The first-order chi connectivity index (χ1) is 9.57. The summed E-state index contributed by atoms with van der Waals surface area (Å²) in [4.78, 5) is 11.7. The maximum Gasteiger partial charge on any atom is 0.262 e. The highest BCUT2D eigenvalue weighted by molar-refractivity contribution is 5.85. The van der Waals surface area contributed by atoms with E-state index < -0.39 is 24.9 Å². The van der Waals surface area contributed by atoms with Gasteiger partial charge < -0.3 is 10.1 Å². The Morgan fingerprint density at radius 2 is 1.90 bits per heavy atom. The second kappa shape index (κ2) is 8.86. The van der Waals surface area contributed by atoms with Crippen LogP contribution in [0.15, 0.2) is 0 Å². The van der Waals surface area contributed by atoms with E-state index >= 15 is 0 Å². The van der Waals surface area contributed by atoms with Crippen LogP contribution in [0.25, 0.3) is 0 Å². The van der Waals surface area contributed by atoms with Crippen molar-refractivity contribution >= 4 is 18.3 Å². The van der Waals surface area contributed by atoms with E-state index in [2.05, 4.69) is 10.6 Å². The molecule has 0 aromatic rings. The van der Waals surface area contributed by atoms with Gasteiger partial charge in [-0.1, -0.05) is 25.7 Å². The monoisotopic (exact) mass is 326 g/mol. The molecule has 0 aromatic carbocycles. The molecule has 1 aliphatic carbocycles. The molecule has 2 rings (SSSR count). The van der Waals surface area contributed by atoms with Gasteiger partial charge in [0.1, 0.15) is 0 Å². The summed E-state index contributed by atoms with van der Waals surface area (Å²) in [5.74, 6) is -3.12. The van der Waals surface area contributed by atoms with Crippen LogP contribution in [0.3, 0.4) is 0 Å². The van der Waals surface area contributed by atoms with Gasteiger partial charge in [-0.15, -0.1) is 12.4 Å². The van der Waals surface area contributed by atoms with Crippen molar-refractivity contribution in [2.24, 2.45) is 0 Å². The van der Waals surface area contributed by atoms with E-state index in [9.17, 15) is 13.6 Å². The van der Waals surface area contributed by atoms with Crippen LogP contribution in [-0.2, 0) is 9.53 Å². The van der Waals surface area contributed by atoms with Gasteiger partial charge in [0.05, 0.1) is 25.3 Å². The van der Waals surface area contributed by atoms with Crippen LogP contribution in [0.5, 0.6) is 0 Å². The summed E-state index contributed by atoms with van der Waals surface area (Å²) in [6, 6.07) is -0.775. The molecule has 1 amide bonds. The van der Waals surface area contributed by atoms with Crippen molar-refractivity contribution in [2.45, 2.75) is 63.0 Å². The van der Waals surface area contributed by atoms with Crippen molar-refractivity contribution in [3.05, 3.63) is 0 Å². The van der Waals surface area contributed by atoms with Crippen molar-refractivity contribution < 1.29 is 18.3 Å². The normalized spacial score (nSPS) is 25.9. The molecule has 7 heteroatoms. The summed E-state index contributed by atoms with van der Waals surface area (Å²) in [5, 5.41) is 5.20. The maximum atomic E-state index is 13.0. The molecule has 0 spiro atoms. The summed E-state index contributed by atoms with van der Waals surface area (Å²) in [5.41, 5.74) is 0. The van der Waals surface area contributed by atoms with Gasteiger partial charge >= 0.3 is 0 Å². The van der Waals surface area contributed by atoms with Gasteiger partial charge in [0.25, 0.3) is 5.92 Å². The standard InChI is InChI=1S/C14H24F2N2O2.ClH/c15-14(16)9-12(18-10-14)13(19)17-7-8-20-11-5-3-1-2-4-6-11;/h11-12,18H,1-10H2,(H,17,19);1H. The van der Waals surface area contributed by atoms with Crippen LogP contribution < -0.4 is 10.6 Å². The lowest BCUT2D eigenvalue weighted by atomic mass is 10.1. The number of carbonyl (C=O) groups excluding carboxylic acids is 1. The van der Waals surface area contributed by atoms with Crippen LogP contribution >= 0.6 is 12.4 Å². The first-order valence-electron chi connectivity index (χ1n) is 7.57. The fraction of sp³-hybridized carbons (Fsp3) is 0.929. The van der Waals surface area contributed by atoms with Crippen LogP contribution in [-0.4, -0.2) is 43.7 Å². The topological polar surface area (TPSA) is 50.4 Å². The Labute approximate surface area is 130 Å². The molecule has 2 aliphatic rings. The molecule has 124 valence electrons. The van der Waals surface area contributed by atoms with E-state index in [1.54, 1.807) is 0 Å². The quantitative estimate of drug-likeness (QED) is 0.602. The smallest absolute Gasteiger partial charge is 0.262 e. The summed E-state index contributed by atoms with van der Waals surface area (Å²) < 4.78 is 31.6. The van der Waals surface area contributed by atoms with Gasteiger partial charge in [0, 0.05) is 13.0 Å². The minimum atomic E-state index is -2.77. The van der Waals surface area contributed by atoms with Gasteiger partial charge in [-0.2, -0.15) is 0 Å².